The monoisotopic (exact) mass is 276 g/mol. The number of hydrogen-bond acceptors (Lipinski definition) is 2. The van der Waals surface area contributed by atoms with Crippen molar-refractivity contribution in [3.05, 3.63) is 35.4 Å². The Kier molecular flexibility index (Phi) is 7.86. The first-order valence-electron chi connectivity index (χ1n) is 8.07. The van der Waals surface area contributed by atoms with Crippen LogP contribution in [0.4, 0.5) is 0 Å². The summed E-state index contributed by atoms with van der Waals surface area (Å²) in [4.78, 5) is 2.37. The Morgan fingerprint density at radius 2 is 1.75 bits per heavy atom. The molecule has 1 aromatic carbocycles. The number of unbranched alkanes of at least 4 members (excludes halogenated alkanes) is 1. The zero-order valence-corrected chi connectivity index (χ0v) is 13.9. The lowest BCUT2D eigenvalue weighted by Crippen LogP contribution is -2.34. The van der Waals surface area contributed by atoms with Gasteiger partial charge in [-0.3, -0.25) is 0 Å². The molecule has 0 aromatic heterocycles. The van der Waals surface area contributed by atoms with Gasteiger partial charge in [-0.1, -0.05) is 37.6 Å². The van der Waals surface area contributed by atoms with Crippen LogP contribution < -0.4 is 5.32 Å². The lowest BCUT2D eigenvalue weighted by molar-refractivity contribution is 0.270. The minimum Gasteiger partial charge on any atom is -0.309 e. The number of nitrogens with zero attached hydrogens (tertiary/aromatic N) is 1. The van der Waals surface area contributed by atoms with Crippen molar-refractivity contribution >= 4 is 0 Å². The van der Waals surface area contributed by atoms with E-state index in [0.717, 1.165) is 13.1 Å². The van der Waals surface area contributed by atoms with Crippen LogP contribution in [0.1, 0.15) is 57.7 Å². The summed E-state index contributed by atoms with van der Waals surface area (Å²) >= 11 is 0. The molecule has 0 saturated heterocycles. The number of hydrogen-bond donors (Lipinski definition) is 1. The van der Waals surface area contributed by atoms with E-state index < -0.39 is 0 Å². The second kappa shape index (κ2) is 9.15. The Labute approximate surface area is 125 Å². The van der Waals surface area contributed by atoms with Gasteiger partial charge in [0, 0.05) is 25.2 Å². The van der Waals surface area contributed by atoms with Gasteiger partial charge in [-0.15, -0.1) is 0 Å². The van der Waals surface area contributed by atoms with Gasteiger partial charge >= 0.3 is 0 Å². The Hall–Kier alpha value is -0.860. The normalized spacial score (nSPS) is 13.2. The molecule has 0 fully saturated rings. The largest absolute Gasteiger partial charge is 0.309 e. The van der Waals surface area contributed by atoms with Gasteiger partial charge in [0.2, 0.25) is 0 Å². The molecule has 0 saturated carbocycles. The summed E-state index contributed by atoms with van der Waals surface area (Å²) in [5.41, 5.74) is 2.85. The minimum absolute atomic E-state index is 0.427. The zero-order valence-electron chi connectivity index (χ0n) is 13.9. The fourth-order valence-electron chi connectivity index (χ4n) is 2.19. The smallest absolute Gasteiger partial charge is 0.0292 e. The third kappa shape index (κ3) is 6.06. The molecule has 114 valence electrons. The molecule has 0 aliphatic heterocycles. The molecule has 1 N–H and O–H groups in total. The van der Waals surface area contributed by atoms with E-state index in [1.807, 2.05) is 0 Å². The number of nitrogens with one attached hydrogen (secondary N) is 1. The first-order valence-corrected chi connectivity index (χ1v) is 8.07. The molecule has 1 rings (SSSR count). The highest BCUT2D eigenvalue weighted by Crippen LogP contribution is 2.14. The number of aryl methyl sites for hydroxylation is 1. The van der Waals surface area contributed by atoms with Crippen LogP contribution in [0.25, 0.3) is 0 Å². The second-order valence-electron chi connectivity index (χ2n) is 6.10. The molecule has 0 heterocycles. The molecule has 2 nitrogen and oxygen atoms in total. The summed E-state index contributed by atoms with van der Waals surface area (Å²) in [7, 11) is 2.18. The summed E-state index contributed by atoms with van der Waals surface area (Å²) in [5, 5.41) is 3.61. The Morgan fingerprint density at radius 1 is 1.10 bits per heavy atom. The molecule has 1 atom stereocenters. The van der Waals surface area contributed by atoms with Crippen LogP contribution in [0.5, 0.6) is 0 Å². The second-order valence-corrected chi connectivity index (χ2v) is 6.10. The Balaban J connectivity index is 2.37. The molecule has 2 heteroatoms. The molecule has 0 spiro atoms. The first-order chi connectivity index (χ1) is 9.54. The molecule has 0 aliphatic carbocycles. The van der Waals surface area contributed by atoms with Crippen LogP contribution in [0.2, 0.25) is 0 Å². The van der Waals surface area contributed by atoms with E-state index in [4.69, 9.17) is 0 Å². The van der Waals surface area contributed by atoms with Crippen molar-refractivity contribution in [3.63, 3.8) is 0 Å². The lowest BCUT2D eigenvalue weighted by atomic mass is 10.0. The summed E-state index contributed by atoms with van der Waals surface area (Å²) < 4.78 is 0. The van der Waals surface area contributed by atoms with Crippen molar-refractivity contribution in [2.24, 2.45) is 0 Å². The van der Waals surface area contributed by atoms with Gasteiger partial charge in [-0.25, -0.2) is 0 Å². The van der Waals surface area contributed by atoms with Gasteiger partial charge in [0.25, 0.3) is 0 Å². The first kappa shape index (κ1) is 17.2. The van der Waals surface area contributed by atoms with Gasteiger partial charge < -0.3 is 10.2 Å². The number of rotatable bonds is 9. The topological polar surface area (TPSA) is 15.3 Å². The molecule has 0 amide bonds. The maximum absolute atomic E-state index is 3.61. The average Bonchev–Trinajstić information content (AvgIpc) is 2.45. The SMILES string of the molecule is CCCCc1ccc(C(C)NCCN(C)C(C)C)cc1. The summed E-state index contributed by atoms with van der Waals surface area (Å²) in [6, 6.07) is 10.1. The number of likely N-dealkylation sites (N-methyl/N-ethyl adjacent to an activating group) is 1. The van der Waals surface area contributed by atoms with Gasteiger partial charge in [-0.05, 0) is 51.8 Å². The van der Waals surface area contributed by atoms with Crippen molar-refractivity contribution in [2.75, 3.05) is 20.1 Å². The van der Waals surface area contributed by atoms with Crippen LogP contribution in [0.3, 0.4) is 0 Å². The van der Waals surface area contributed by atoms with Gasteiger partial charge in [0.15, 0.2) is 0 Å². The zero-order chi connectivity index (χ0) is 15.0. The van der Waals surface area contributed by atoms with E-state index in [9.17, 15) is 0 Å². The van der Waals surface area contributed by atoms with E-state index in [2.05, 4.69) is 69.2 Å². The van der Waals surface area contributed by atoms with Crippen molar-refractivity contribution < 1.29 is 0 Å². The maximum Gasteiger partial charge on any atom is 0.0292 e. The standard InChI is InChI=1S/C18H32N2/c1-6-7-8-17-9-11-18(12-10-17)16(4)19-13-14-20(5)15(2)3/h9-12,15-16,19H,6-8,13-14H2,1-5H3. The highest BCUT2D eigenvalue weighted by atomic mass is 15.1. The third-order valence-electron chi connectivity index (χ3n) is 4.10. The van der Waals surface area contributed by atoms with Gasteiger partial charge in [0.05, 0.1) is 0 Å². The molecule has 0 aliphatic rings. The molecule has 20 heavy (non-hydrogen) atoms. The van der Waals surface area contributed by atoms with E-state index in [-0.39, 0.29) is 0 Å². The predicted molar refractivity (Wildman–Crippen MR) is 89.2 cm³/mol. The van der Waals surface area contributed by atoms with Crippen LogP contribution >= 0.6 is 0 Å². The Morgan fingerprint density at radius 3 is 2.30 bits per heavy atom. The quantitative estimate of drug-likeness (QED) is 0.733. The highest BCUT2D eigenvalue weighted by Gasteiger charge is 2.06. The third-order valence-corrected chi connectivity index (χ3v) is 4.10. The minimum atomic E-state index is 0.427. The van der Waals surface area contributed by atoms with Crippen LogP contribution in [0.15, 0.2) is 24.3 Å². The molecule has 1 unspecified atom stereocenters. The maximum atomic E-state index is 3.61. The van der Waals surface area contributed by atoms with E-state index >= 15 is 0 Å². The van der Waals surface area contributed by atoms with E-state index in [1.165, 1.54) is 30.4 Å². The molecule has 1 aromatic rings. The van der Waals surface area contributed by atoms with Crippen LogP contribution in [-0.2, 0) is 6.42 Å². The molecule has 0 radical (unpaired) electrons. The summed E-state index contributed by atoms with van der Waals surface area (Å²) in [6.45, 7) is 11.1. The van der Waals surface area contributed by atoms with Crippen molar-refractivity contribution in [1.29, 1.82) is 0 Å². The molecular formula is C18H32N2. The lowest BCUT2D eigenvalue weighted by Gasteiger charge is -2.22. The van der Waals surface area contributed by atoms with Crippen LogP contribution in [0, 0.1) is 0 Å². The fourth-order valence-corrected chi connectivity index (χ4v) is 2.19. The predicted octanol–water partition coefficient (Wildman–Crippen LogP) is 4.02. The van der Waals surface area contributed by atoms with Crippen molar-refractivity contribution in [1.82, 2.24) is 10.2 Å². The van der Waals surface area contributed by atoms with Gasteiger partial charge in [-0.2, -0.15) is 0 Å². The summed E-state index contributed by atoms with van der Waals surface area (Å²) in [6.07, 6.45) is 3.76. The van der Waals surface area contributed by atoms with Crippen LogP contribution in [-0.4, -0.2) is 31.1 Å². The van der Waals surface area contributed by atoms with Gasteiger partial charge in [0.1, 0.15) is 0 Å². The molecule has 0 bridgehead atoms. The Bertz CT molecular complexity index is 356. The summed E-state index contributed by atoms with van der Waals surface area (Å²) in [5.74, 6) is 0. The fraction of sp³-hybridized carbons (Fsp3) is 0.667. The van der Waals surface area contributed by atoms with Crippen molar-refractivity contribution in [3.8, 4) is 0 Å². The van der Waals surface area contributed by atoms with E-state index in [1.54, 1.807) is 0 Å². The van der Waals surface area contributed by atoms with E-state index in [0.29, 0.717) is 12.1 Å². The van der Waals surface area contributed by atoms with Crippen molar-refractivity contribution in [2.45, 2.75) is 59.0 Å². The average molecular weight is 276 g/mol. The number of benzene rings is 1. The molecular weight excluding hydrogens is 244 g/mol. The highest BCUT2D eigenvalue weighted by molar-refractivity contribution is 5.24.